The second kappa shape index (κ2) is 10.6. The maximum Gasteiger partial charge on any atom is 0.223 e. The third-order valence-corrected chi connectivity index (χ3v) is 3.51. The monoisotopic (exact) mass is 335 g/mol. The van der Waals surface area contributed by atoms with Gasteiger partial charge in [-0.25, -0.2) is 0 Å². The van der Waals surface area contributed by atoms with Crippen LogP contribution < -0.4 is 15.0 Å². The number of hydrogen-bond donors (Lipinski definition) is 1. The Morgan fingerprint density at radius 3 is 2.33 bits per heavy atom. The number of nitrogens with zero attached hydrogens (tertiary/aromatic N) is 2. The molecule has 0 aliphatic heterocycles. The number of amides is 2. The van der Waals surface area contributed by atoms with E-state index in [4.69, 9.17) is 4.74 Å². The summed E-state index contributed by atoms with van der Waals surface area (Å²) in [6.45, 7) is 5.98. The summed E-state index contributed by atoms with van der Waals surface area (Å²) in [6, 6.07) is 7.33. The Morgan fingerprint density at radius 2 is 1.79 bits per heavy atom. The van der Waals surface area contributed by atoms with Gasteiger partial charge in [-0.15, -0.1) is 0 Å². The SMILES string of the molecule is CCOc1ccc(N(CCC(=O)NCCCN(C)C)C(C)=O)cc1. The van der Waals surface area contributed by atoms with Gasteiger partial charge in [0.1, 0.15) is 5.75 Å². The van der Waals surface area contributed by atoms with Crippen molar-refractivity contribution in [2.75, 3.05) is 45.2 Å². The molecule has 24 heavy (non-hydrogen) atoms. The quantitative estimate of drug-likeness (QED) is 0.663. The number of rotatable bonds is 10. The predicted octanol–water partition coefficient (Wildman–Crippen LogP) is 1.90. The molecule has 6 heteroatoms. The van der Waals surface area contributed by atoms with E-state index in [-0.39, 0.29) is 18.2 Å². The lowest BCUT2D eigenvalue weighted by molar-refractivity contribution is -0.121. The maximum absolute atomic E-state index is 11.9. The highest BCUT2D eigenvalue weighted by Gasteiger charge is 2.13. The number of benzene rings is 1. The van der Waals surface area contributed by atoms with Crippen molar-refractivity contribution in [3.63, 3.8) is 0 Å². The molecule has 0 aliphatic rings. The topological polar surface area (TPSA) is 61.9 Å². The van der Waals surface area contributed by atoms with Crippen LogP contribution in [0.3, 0.4) is 0 Å². The first-order valence-corrected chi connectivity index (χ1v) is 8.36. The van der Waals surface area contributed by atoms with Crippen LogP contribution in [0.25, 0.3) is 0 Å². The van der Waals surface area contributed by atoms with Gasteiger partial charge < -0.3 is 19.9 Å². The fourth-order valence-corrected chi connectivity index (χ4v) is 2.28. The summed E-state index contributed by atoms with van der Waals surface area (Å²) in [5, 5.41) is 2.89. The van der Waals surface area contributed by atoms with Crippen LogP contribution in [0.5, 0.6) is 5.75 Å². The Morgan fingerprint density at radius 1 is 1.12 bits per heavy atom. The normalized spacial score (nSPS) is 10.5. The molecule has 0 radical (unpaired) electrons. The third kappa shape index (κ3) is 7.46. The first kappa shape index (κ1) is 20.0. The minimum atomic E-state index is -0.0837. The van der Waals surface area contributed by atoms with E-state index in [2.05, 4.69) is 10.2 Å². The van der Waals surface area contributed by atoms with Gasteiger partial charge in [0.15, 0.2) is 0 Å². The number of ether oxygens (including phenoxy) is 1. The fraction of sp³-hybridized carbons (Fsp3) is 0.556. The van der Waals surface area contributed by atoms with Crippen LogP contribution in [-0.4, -0.2) is 57.1 Å². The average Bonchev–Trinajstić information content (AvgIpc) is 2.53. The van der Waals surface area contributed by atoms with Gasteiger partial charge in [-0.2, -0.15) is 0 Å². The van der Waals surface area contributed by atoms with Crippen LogP contribution in [0, 0.1) is 0 Å². The molecule has 134 valence electrons. The zero-order valence-corrected chi connectivity index (χ0v) is 15.2. The molecular weight excluding hydrogens is 306 g/mol. The minimum absolute atomic E-state index is 0.0362. The molecule has 6 nitrogen and oxygen atoms in total. The Balaban J connectivity index is 2.48. The Hall–Kier alpha value is -2.08. The molecule has 1 N–H and O–H groups in total. The molecule has 1 aromatic rings. The van der Waals surface area contributed by atoms with Gasteiger partial charge in [0, 0.05) is 32.1 Å². The fourth-order valence-electron chi connectivity index (χ4n) is 2.28. The average molecular weight is 335 g/mol. The van der Waals surface area contributed by atoms with Crippen LogP contribution in [0.1, 0.15) is 26.7 Å². The van der Waals surface area contributed by atoms with Gasteiger partial charge in [-0.1, -0.05) is 0 Å². The largest absolute Gasteiger partial charge is 0.494 e. The number of carbonyl (C=O) groups is 2. The van der Waals surface area contributed by atoms with Crippen molar-refractivity contribution in [1.82, 2.24) is 10.2 Å². The van der Waals surface area contributed by atoms with Crippen LogP contribution in [-0.2, 0) is 9.59 Å². The molecule has 0 saturated heterocycles. The first-order valence-electron chi connectivity index (χ1n) is 8.36. The second-order valence-electron chi connectivity index (χ2n) is 5.85. The highest BCUT2D eigenvalue weighted by Crippen LogP contribution is 2.20. The third-order valence-electron chi connectivity index (χ3n) is 3.51. The zero-order valence-electron chi connectivity index (χ0n) is 15.2. The van der Waals surface area contributed by atoms with Crippen LogP contribution in [0.4, 0.5) is 5.69 Å². The van der Waals surface area contributed by atoms with Crippen LogP contribution in [0.15, 0.2) is 24.3 Å². The number of nitrogens with one attached hydrogen (secondary N) is 1. The van der Waals surface area contributed by atoms with E-state index in [1.807, 2.05) is 45.3 Å². The van der Waals surface area contributed by atoms with Crippen LogP contribution in [0.2, 0.25) is 0 Å². The second-order valence-corrected chi connectivity index (χ2v) is 5.85. The molecular formula is C18H29N3O3. The summed E-state index contributed by atoms with van der Waals surface area (Å²) in [4.78, 5) is 27.4. The number of carbonyl (C=O) groups excluding carboxylic acids is 2. The lowest BCUT2D eigenvalue weighted by Gasteiger charge is -2.21. The van der Waals surface area contributed by atoms with Gasteiger partial charge in [0.05, 0.1) is 6.61 Å². The van der Waals surface area contributed by atoms with Crippen molar-refractivity contribution in [2.24, 2.45) is 0 Å². The van der Waals surface area contributed by atoms with E-state index in [0.29, 0.717) is 19.7 Å². The van der Waals surface area contributed by atoms with E-state index in [9.17, 15) is 9.59 Å². The van der Waals surface area contributed by atoms with Crippen molar-refractivity contribution < 1.29 is 14.3 Å². The molecule has 0 heterocycles. The highest BCUT2D eigenvalue weighted by atomic mass is 16.5. The van der Waals surface area contributed by atoms with Crippen molar-refractivity contribution in [1.29, 1.82) is 0 Å². The van der Waals surface area contributed by atoms with Crippen molar-refractivity contribution >= 4 is 17.5 Å². The van der Waals surface area contributed by atoms with Crippen molar-refractivity contribution in [3.8, 4) is 5.75 Å². The Bertz CT molecular complexity index is 515. The molecule has 0 aromatic heterocycles. The van der Waals surface area contributed by atoms with Crippen molar-refractivity contribution in [2.45, 2.75) is 26.7 Å². The minimum Gasteiger partial charge on any atom is -0.494 e. The van der Waals surface area contributed by atoms with Gasteiger partial charge in [0.2, 0.25) is 11.8 Å². The van der Waals surface area contributed by atoms with E-state index in [1.165, 1.54) is 6.92 Å². The summed E-state index contributed by atoms with van der Waals surface area (Å²) in [5.74, 6) is 0.647. The molecule has 0 fully saturated rings. The molecule has 1 aromatic carbocycles. The zero-order chi connectivity index (χ0) is 17.9. The van der Waals surface area contributed by atoms with Gasteiger partial charge in [-0.3, -0.25) is 9.59 Å². The number of anilines is 1. The van der Waals surface area contributed by atoms with E-state index in [0.717, 1.165) is 24.4 Å². The van der Waals surface area contributed by atoms with Gasteiger partial charge in [0.25, 0.3) is 0 Å². The Labute approximate surface area is 144 Å². The highest BCUT2D eigenvalue weighted by molar-refractivity contribution is 5.92. The van der Waals surface area contributed by atoms with Crippen LogP contribution >= 0.6 is 0 Å². The lowest BCUT2D eigenvalue weighted by atomic mass is 10.2. The van der Waals surface area contributed by atoms with Crippen molar-refractivity contribution in [3.05, 3.63) is 24.3 Å². The van der Waals surface area contributed by atoms with Gasteiger partial charge in [-0.05, 0) is 58.3 Å². The summed E-state index contributed by atoms with van der Waals surface area (Å²) in [6.07, 6.45) is 1.20. The summed E-state index contributed by atoms with van der Waals surface area (Å²) in [5.41, 5.74) is 0.770. The molecule has 0 spiro atoms. The summed E-state index contributed by atoms with van der Waals surface area (Å²) < 4.78 is 5.40. The first-order chi connectivity index (χ1) is 11.4. The van der Waals surface area contributed by atoms with Gasteiger partial charge >= 0.3 is 0 Å². The lowest BCUT2D eigenvalue weighted by Crippen LogP contribution is -2.34. The molecule has 1 rings (SSSR count). The Kier molecular flexibility index (Phi) is 8.86. The number of hydrogen-bond acceptors (Lipinski definition) is 4. The molecule has 0 aliphatic carbocycles. The molecule has 0 saturated carbocycles. The summed E-state index contributed by atoms with van der Waals surface area (Å²) >= 11 is 0. The molecule has 0 atom stereocenters. The maximum atomic E-state index is 11.9. The smallest absolute Gasteiger partial charge is 0.223 e. The van der Waals surface area contributed by atoms with E-state index < -0.39 is 0 Å². The van der Waals surface area contributed by atoms with E-state index in [1.54, 1.807) is 4.90 Å². The molecule has 0 bridgehead atoms. The van der Waals surface area contributed by atoms with E-state index >= 15 is 0 Å². The standard InChI is InChI=1S/C18H29N3O3/c1-5-24-17-9-7-16(8-10-17)21(15(2)22)14-11-18(23)19-12-6-13-20(3)4/h7-10H,5-6,11-14H2,1-4H3,(H,19,23). The molecule has 0 unspecified atom stereocenters. The summed E-state index contributed by atoms with van der Waals surface area (Å²) in [7, 11) is 4.01. The predicted molar refractivity (Wildman–Crippen MR) is 96.4 cm³/mol. The molecule has 2 amide bonds.